The number of aromatic nitrogens is 2. The molecule has 2 amide bonds. The van der Waals surface area contributed by atoms with Crippen LogP contribution < -0.4 is 11.0 Å². The topological polar surface area (TPSA) is 76.3 Å². The number of hydrogen-bond donors (Lipinski definition) is 1. The molecular formula is C20H22N4O3. The first kappa shape index (κ1) is 18.4. The van der Waals surface area contributed by atoms with Gasteiger partial charge in [-0.3, -0.25) is 18.7 Å². The molecular weight excluding hydrogens is 344 g/mol. The Morgan fingerprint density at radius 2 is 1.56 bits per heavy atom. The van der Waals surface area contributed by atoms with Gasteiger partial charge < -0.3 is 10.2 Å². The van der Waals surface area contributed by atoms with E-state index in [1.807, 2.05) is 31.2 Å². The third-order valence-corrected chi connectivity index (χ3v) is 4.38. The van der Waals surface area contributed by atoms with Gasteiger partial charge in [0.2, 0.25) is 5.91 Å². The van der Waals surface area contributed by atoms with E-state index in [1.54, 1.807) is 42.9 Å². The molecule has 0 saturated heterocycles. The first-order chi connectivity index (χ1) is 12.9. The van der Waals surface area contributed by atoms with Crippen molar-refractivity contribution >= 4 is 28.5 Å². The molecule has 1 heterocycles. The van der Waals surface area contributed by atoms with Crippen molar-refractivity contribution < 1.29 is 9.59 Å². The monoisotopic (exact) mass is 366 g/mol. The Labute approximate surface area is 156 Å². The van der Waals surface area contributed by atoms with Gasteiger partial charge in [0.25, 0.3) is 5.91 Å². The van der Waals surface area contributed by atoms with Gasteiger partial charge >= 0.3 is 5.69 Å². The Morgan fingerprint density at radius 3 is 2.19 bits per heavy atom. The molecule has 0 aliphatic rings. The van der Waals surface area contributed by atoms with Crippen LogP contribution in [0.5, 0.6) is 0 Å². The average Bonchev–Trinajstić information content (AvgIpc) is 2.92. The number of para-hydroxylation sites is 3. The molecule has 27 heavy (non-hydrogen) atoms. The molecule has 0 radical (unpaired) electrons. The summed E-state index contributed by atoms with van der Waals surface area (Å²) in [5.41, 5.74) is 2.09. The Hall–Kier alpha value is -3.35. The van der Waals surface area contributed by atoms with Crippen LogP contribution in [0.2, 0.25) is 0 Å². The fourth-order valence-electron chi connectivity index (χ4n) is 3.08. The van der Waals surface area contributed by atoms with E-state index < -0.39 is 0 Å². The number of carbonyl (C=O) groups is 2. The summed E-state index contributed by atoms with van der Waals surface area (Å²) in [5.74, 6) is -0.569. The van der Waals surface area contributed by atoms with Crippen molar-refractivity contribution in [1.29, 1.82) is 0 Å². The maximum absolute atomic E-state index is 12.7. The van der Waals surface area contributed by atoms with E-state index in [0.29, 0.717) is 23.3 Å². The van der Waals surface area contributed by atoms with Gasteiger partial charge in [-0.25, -0.2) is 4.79 Å². The van der Waals surface area contributed by atoms with Crippen LogP contribution in [-0.2, 0) is 17.9 Å². The molecule has 0 bridgehead atoms. The molecule has 1 N–H and O–H groups in total. The van der Waals surface area contributed by atoms with Crippen LogP contribution in [0, 0.1) is 0 Å². The zero-order chi connectivity index (χ0) is 19.6. The van der Waals surface area contributed by atoms with E-state index in [1.165, 1.54) is 9.47 Å². The molecule has 0 saturated carbocycles. The predicted molar refractivity (Wildman–Crippen MR) is 105 cm³/mol. The van der Waals surface area contributed by atoms with Gasteiger partial charge in [0.1, 0.15) is 6.54 Å². The van der Waals surface area contributed by atoms with Crippen molar-refractivity contribution in [3.05, 3.63) is 64.6 Å². The smallest absolute Gasteiger partial charge is 0.329 e. The minimum Gasteiger partial charge on any atom is -0.345 e. The zero-order valence-electron chi connectivity index (χ0n) is 15.6. The summed E-state index contributed by atoms with van der Waals surface area (Å²) in [5, 5.41) is 2.76. The number of benzene rings is 2. The Morgan fingerprint density at radius 1 is 0.963 bits per heavy atom. The molecule has 7 heteroatoms. The molecule has 1 aromatic heterocycles. The highest BCUT2D eigenvalue weighted by Gasteiger charge is 2.17. The number of fused-ring (bicyclic) bond motifs is 1. The molecule has 0 aliphatic carbocycles. The molecule has 2 aromatic carbocycles. The first-order valence-corrected chi connectivity index (χ1v) is 8.72. The van der Waals surface area contributed by atoms with Crippen LogP contribution in [0.1, 0.15) is 17.3 Å². The van der Waals surface area contributed by atoms with Crippen LogP contribution in [0.4, 0.5) is 5.69 Å². The number of nitrogens with one attached hydrogen (secondary N) is 1. The second-order valence-corrected chi connectivity index (χ2v) is 6.40. The van der Waals surface area contributed by atoms with E-state index in [9.17, 15) is 14.4 Å². The molecule has 0 spiro atoms. The minimum absolute atomic E-state index is 0.128. The number of anilines is 1. The van der Waals surface area contributed by atoms with Gasteiger partial charge in [-0.05, 0) is 31.2 Å². The van der Waals surface area contributed by atoms with Gasteiger partial charge in [0, 0.05) is 20.6 Å². The van der Waals surface area contributed by atoms with Gasteiger partial charge in [-0.2, -0.15) is 0 Å². The van der Waals surface area contributed by atoms with Crippen molar-refractivity contribution in [3.63, 3.8) is 0 Å². The number of nitrogens with zero attached hydrogens (tertiary/aromatic N) is 3. The molecule has 0 aliphatic heterocycles. The number of amides is 2. The van der Waals surface area contributed by atoms with Crippen LogP contribution >= 0.6 is 0 Å². The molecule has 0 unspecified atom stereocenters. The van der Waals surface area contributed by atoms with Crippen molar-refractivity contribution in [2.24, 2.45) is 0 Å². The molecule has 7 nitrogen and oxygen atoms in total. The Balaban J connectivity index is 1.91. The predicted octanol–water partition coefficient (Wildman–Crippen LogP) is 2.16. The molecule has 0 atom stereocenters. The van der Waals surface area contributed by atoms with Gasteiger partial charge in [0.05, 0.1) is 22.3 Å². The number of imidazole rings is 1. The zero-order valence-corrected chi connectivity index (χ0v) is 15.6. The second-order valence-electron chi connectivity index (χ2n) is 6.40. The minimum atomic E-state index is -0.366. The molecule has 3 aromatic rings. The van der Waals surface area contributed by atoms with Gasteiger partial charge in [-0.1, -0.05) is 24.3 Å². The molecule has 140 valence electrons. The number of carbonyl (C=O) groups excluding carboxylic acids is 2. The van der Waals surface area contributed by atoms with Crippen molar-refractivity contribution in [2.45, 2.75) is 20.0 Å². The average molecular weight is 366 g/mol. The van der Waals surface area contributed by atoms with E-state index in [2.05, 4.69) is 5.32 Å². The number of rotatable bonds is 5. The highest BCUT2D eigenvalue weighted by molar-refractivity contribution is 6.03. The van der Waals surface area contributed by atoms with Gasteiger partial charge in [-0.15, -0.1) is 0 Å². The Kier molecular flexibility index (Phi) is 5.12. The summed E-state index contributed by atoms with van der Waals surface area (Å²) in [4.78, 5) is 39.0. The maximum atomic E-state index is 12.7. The third kappa shape index (κ3) is 3.48. The second kappa shape index (κ2) is 7.49. The number of aryl methyl sites for hydroxylation is 1. The van der Waals surface area contributed by atoms with Crippen LogP contribution in [-0.4, -0.2) is 39.9 Å². The number of hydrogen-bond acceptors (Lipinski definition) is 3. The fraction of sp³-hybridized carbons (Fsp3) is 0.250. The fourth-order valence-corrected chi connectivity index (χ4v) is 3.08. The summed E-state index contributed by atoms with van der Waals surface area (Å²) >= 11 is 0. The lowest BCUT2D eigenvalue weighted by molar-refractivity contribution is -0.116. The standard InChI is InChI=1S/C20H22N4O3/c1-4-23-16-11-7-8-12-17(16)24(20(23)27)13-18(25)21-15-10-6-5-9-14(15)19(26)22(2)3/h5-12H,4,13H2,1-3H3,(H,21,25). The summed E-state index contributed by atoms with van der Waals surface area (Å²) < 4.78 is 3.08. The van der Waals surface area contributed by atoms with Crippen molar-refractivity contribution in [3.8, 4) is 0 Å². The lowest BCUT2D eigenvalue weighted by Crippen LogP contribution is -2.30. The third-order valence-electron chi connectivity index (χ3n) is 4.38. The normalized spacial score (nSPS) is 10.8. The largest absolute Gasteiger partial charge is 0.345 e. The van der Waals surface area contributed by atoms with E-state index in [-0.39, 0.29) is 24.0 Å². The Bertz CT molecular complexity index is 1060. The summed E-state index contributed by atoms with van der Waals surface area (Å²) in [7, 11) is 3.31. The van der Waals surface area contributed by atoms with Crippen LogP contribution in [0.25, 0.3) is 11.0 Å². The van der Waals surface area contributed by atoms with Crippen LogP contribution in [0.15, 0.2) is 53.3 Å². The summed E-state index contributed by atoms with van der Waals surface area (Å²) in [6.45, 7) is 2.28. The summed E-state index contributed by atoms with van der Waals surface area (Å²) in [6.07, 6.45) is 0. The highest BCUT2D eigenvalue weighted by atomic mass is 16.2. The van der Waals surface area contributed by atoms with Crippen LogP contribution in [0.3, 0.4) is 0 Å². The lowest BCUT2D eigenvalue weighted by Gasteiger charge is -2.14. The van der Waals surface area contributed by atoms with E-state index in [0.717, 1.165) is 5.52 Å². The molecule has 3 rings (SSSR count). The van der Waals surface area contributed by atoms with Crippen molar-refractivity contribution in [1.82, 2.24) is 14.0 Å². The molecule has 0 fully saturated rings. The van der Waals surface area contributed by atoms with Gasteiger partial charge in [0.15, 0.2) is 0 Å². The van der Waals surface area contributed by atoms with Crippen molar-refractivity contribution in [2.75, 3.05) is 19.4 Å². The summed E-state index contributed by atoms with van der Waals surface area (Å²) in [6, 6.07) is 14.2. The maximum Gasteiger partial charge on any atom is 0.329 e. The SMILES string of the molecule is CCn1c(=O)n(CC(=O)Nc2ccccc2C(=O)N(C)C)c2ccccc21. The van der Waals surface area contributed by atoms with E-state index in [4.69, 9.17) is 0 Å². The van der Waals surface area contributed by atoms with E-state index >= 15 is 0 Å². The quantitative estimate of drug-likeness (QED) is 0.752. The lowest BCUT2D eigenvalue weighted by atomic mass is 10.1. The first-order valence-electron chi connectivity index (χ1n) is 8.72. The highest BCUT2D eigenvalue weighted by Crippen LogP contribution is 2.17.